The highest BCUT2D eigenvalue weighted by molar-refractivity contribution is 6.51. The minimum absolute atomic E-state index is 0.0110. The van der Waals surface area contributed by atoms with Gasteiger partial charge in [-0.1, -0.05) is 42.0 Å². The molecule has 1 atom stereocenters. The first-order valence-corrected chi connectivity index (χ1v) is 11.7. The zero-order chi connectivity index (χ0) is 25.1. The van der Waals surface area contributed by atoms with Crippen molar-refractivity contribution in [1.29, 1.82) is 0 Å². The number of carbonyl (C=O) groups is 2. The Kier molecular flexibility index (Phi) is 6.92. The number of aryl methyl sites for hydroxylation is 1. The lowest BCUT2D eigenvalue weighted by molar-refractivity contribution is -0.132. The molecule has 35 heavy (non-hydrogen) atoms. The van der Waals surface area contributed by atoms with Crippen LogP contribution < -0.4 is 14.4 Å². The van der Waals surface area contributed by atoms with Crippen molar-refractivity contribution in [2.45, 2.75) is 39.8 Å². The molecule has 6 nitrogen and oxygen atoms in total. The summed E-state index contributed by atoms with van der Waals surface area (Å²) in [5.41, 5.74) is 2.76. The monoisotopic (exact) mass is 471 g/mol. The predicted molar refractivity (Wildman–Crippen MR) is 136 cm³/mol. The number of aliphatic hydroxyl groups excluding tert-OH is 1. The van der Waals surface area contributed by atoms with E-state index in [4.69, 9.17) is 9.47 Å². The van der Waals surface area contributed by atoms with Gasteiger partial charge in [0.2, 0.25) is 0 Å². The Morgan fingerprint density at radius 3 is 2.09 bits per heavy atom. The summed E-state index contributed by atoms with van der Waals surface area (Å²) < 4.78 is 11.3. The van der Waals surface area contributed by atoms with Crippen molar-refractivity contribution < 1.29 is 24.2 Å². The Balaban J connectivity index is 1.85. The van der Waals surface area contributed by atoms with Crippen LogP contribution >= 0.6 is 0 Å². The Morgan fingerprint density at radius 1 is 0.914 bits per heavy atom. The summed E-state index contributed by atoms with van der Waals surface area (Å²) in [5, 5.41) is 11.2. The van der Waals surface area contributed by atoms with Crippen LogP contribution in [0.5, 0.6) is 11.5 Å². The number of ketones is 1. The van der Waals surface area contributed by atoms with Gasteiger partial charge >= 0.3 is 0 Å². The molecule has 0 bridgehead atoms. The van der Waals surface area contributed by atoms with Gasteiger partial charge in [-0.25, -0.2) is 0 Å². The zero-order valence-corrected chi connectivity index (χ0v) is 20.3. The second-order valence-electron chi connectivity index (χ2n) is 8.70. The Morgan fingerprint density at radius 2 is 1.51 bits per heavy atom. The molecular formula is C29H29NO5. The SMILES string of the molecule is CCOc1ccc(N2C(=O)C(=O)/C(=C(/O)c3ccc(C)cc3)C2c2ccc(OC(C)C)cc2)cc1. The van der Waals surface area contributed by atoms with Crippen molar-refractivity contribution in [1.82, 2.24) is 0 Å². The lowest BCUT2D eigenvalue weighted by atomic mass is 9.95. The van der Waals surface area contributed by atoms with E-state index < -0.39 is 17.7 Å². The molecule has 1 fully saturated rings. The molecule has 0 spiro atoms. The third-order valence-electron chi connectivity index (χ3n) is 5.76. The maximum Gasteiger partial charge on any atom is 0.300 e. The minimum Gasteiger partial charge on any atom is -0.507 e. The van der Waals surface area contributed by atoms with Gasteiger partial charge in [0.25, 0.3) is 11.7 Å². The van der Waals surface area contributed by atoms with Crippen molar-refractivity contribution in [3.05, 3.63) is 95.1 Å². The largest absolute Gasteiger partial charge is 0.507 e. The number of amides is 1. The smallest absolute Gasteiger partial charge is 0.300 e. The van der Waals surface area contributed by atoms with Gasteiger partial charge in [0.05, 0.1) is 24.3 Å². The van der Waals surface area contributed by atoms with Gasteiger partial charge in [-0.3, -0.25) is 14.5 Å². The molecule has 0 aromatic heterocycles. The van der Waals surface area contributed by atoms with Crippen LogP contribution in [0.15, 0.2) is 78.4 Å². The van der Waals surface area contributed by atoms with Gasteiger partial charge < -0.3 is 14.6 Å². The summed E-state index contributed by atoms with van der Waals surface area (Å²) in [5.74, 6) is -0.288. The van der Waals surface area contributed by atoms with E-state index in [9.17, 15) is 14.7 Å². The molecule has 180 valence electrons. The van der Waals surface area contributed by atoms with Gasteiger partial charge in [-0.2, -0.15) is 0 Å². The molecule has 1 N–H and O–H groups in total. The molecule has 0 radical (unpaired) electrons. The average Bonchev–Trinajstić information content (AvgIpc) is 3.10. The molecule has 1 amide bonds. The fourth-order valence-corrected chi connectivity index (χ4v) is 4.15. The van der Waals surface area contributed by atoms with E-state index in [-0.39, 0.29) is 17.4 Å². The van der Waals surface area contributed by atoms with E-state index in [1.54, 1.807) is 48.5 Å². The van der Waals surface area contributed by atoms with Gasteiger partial charge in [-0.15, -0.1) is 0 Å². The van der Waals surface area contributed by atoms with Crippen molar-refractivity contribution in [2.75, 3.05) is 11.5 Å². The Hall–Kier alpha value is -4.06. The normalized spacial score (nSPS) is 17.2. The highest BCUT2D eigenvalue weighted by Crippen LogP contribution is 2.42. The van der Waals surface area contributed by atoms with E-state index in [0.717, 1.165) is 5.56 Å². The topological polar surface area (TPSA) is 76.1 Å². The van der Waals surface area contributed by atoms with Crippen molar-refractivity contribution in [3.63, 3.8) is 0 Å². The lowest BCUT2D eigenvalue weighted by Gasteiger charge is -2.26. The van der Waals surface area contributed by atoms with Crippen LogP contribution in [-0.2, 0) is 9.59 Å². The van der Waals surface area contributed by atoms with Crippen molar-refractivity contribution in [2.24, 2.45) is 0 Å². The number of aliphatic hydroxyl groups is 1. The maximum atomic E-state index is 13.3. The molecule has 1 heterocycles. The van der Waals surface area contributed by atoms with Gasteiger partial charge in [-0.05, 0) is 69.7 Å². The first-order valence-electron chi connectivity index (χ1n) is 11.7. The van der Waals surface area contributed by atoms with Gasteiger partial charge in [0, 0.05) is 11.3 Å². The maximum absolute atomic E-state index is 13.3. The van der Waals surface area contributed by atoms with Gasteiger partial charge in [0.15, 0.2) is 0 Å². The number of carbonyl (C=O) groups excluding carboxylic acids is 2. The fraction of sp³-hybridized carbons (Fsp3) is 0.241. The van der Waals surface area contributed by atoms with Crippen LogP contribution in [0.1, 0.15) is 43.5 Å². The minimum atomic E-state index is -0.803. The molecule has 1 aliphatic rings. The summed E-state index contributed by atoms with van der Waals surface area (Å²) in [6.45, 7) is 8.23. The molecule has 0 aliphatic carbocycles. The number of nitrogens with zero attached hydrogens (tertiary/aromatic N) is 1. The zero-order valence-electron chi connectivity index (χ0n) is 20.3. The molecule has 4 rings (SSSR count). The third-order valence-corrected chi connectivity index (χ3v) is 5.76. The predicted octanol–water partition coefficient (Wildman–Crippen LogP) is 5.81. The molecule has 3 aromatic carbocycles. The molecule has 1 unspecified atom stereocenters. The first kappa shape index (κ1) is 24.1. The van der Waals surface area contributed by atoms with E-state index in [0.29, 0.717) is 34.9 Å². The molecular weight excluding hydrogens is 442 g/mol. The van der Waals surface area contributed by atoms with Crippen LogP contribution in [0.4, 0.5) is 5.69 Å². The number of benzene rings is 3. The van der Waals surface area contributed by atoms with E-state index >= 15 is 0 Å². The second-order valence-corrected chi connectivity index (χ2v) is 8.70. The lowest BCUT2D eigenvalue weighted by Crippen LogP contribution is -2.29. The summed E-state index contributed by atoms with van der Waals surface area (Å²) in [6.07, 6.45) is 0.0110. The molecule has 6 heteroatoms. The third kappa shape index (κ3) is 4.92. The number of anilines is 1. The van der Waals surface area contributed by atoms with Crippen LogP contribution in [-0.4, -0.2) is 29.5 Å². The average molecular weight is 472 g/mol. The van der Waals surface area contributed by atoms with Crippen LogP contribution in [0.2, 0.25) is 0 Å². The van der Waals surface area contributed by atoms with Gasteiger partial charge in [0.1, 0.15) is 17.3 Å². The summed E-state index contributed by atoms with van der Waals surface area (Å²) in [6, 6.07) is 20.6. The van der Waals surface area contributed by atoms with Crippen LogP contribution in [0.25, 0.3) is 5.76 Å². The summed E-state index contributed by atoms with van der Waals surface area (Å²) >= 11 is 0. The summed E-state index contributed by atoms with van der Waals surface area (Å²) in [4.78, 5) is 28.0. The van der Waals surface area contributed by atoms with E-state index in [1.165, 1.54) is 4.90 Å². The highest BCUT2D eigenvalue weighted by Gasteiger charge is 2.47. The molecule has 1 saturated heterocycles. The van der Waals surface area contributed by atoms with Crippen LogP contribution in [0.3, 0.4) is 0 Å². The first-order chi connectivity index (χ1) is 16.8. The Labute approximate surface area is 205 Å². The van der Waals surface area contributed by atoms with E-state index in [1.807, 2.05) is 52.0 Å². The molecule has 3 aromatic rings. The molecule has 0 saturated carbocycles. The number of hydrogen-bond donors (Lipinski definition) is 1. The molecule has 1 aliphatic heterocycles. The Bertz CT molecular complexity index is 1240. The van der Waals surface area contributed by atoms with Crippen molar-refractivity contribution in [3.8, 4) is 11.5 Å². The van der Waals surface area contributed by atoms with Crippen LogP contribution in [0, 0.1) is 6.92 Å². The summed E-state index contributed by atoms with van der Waals surface area (Å²) in [7, 11) is 0. The number of rotatable bonds is 7. The van der Waals surface area contributed by atoms with E-state index in [2.05, 4.69) is 0 Å². The number of hydrogen-bond acceptors (Lipinski definition) is 5. The fourth-order valence-electron chi connectivity index (χ4n) is 4.15. The highest BCUT2D eigenvalue weighted by atomic mass is 16.5. The number of Topliss-reactive ketones (excluding diaryl/α,β-unsaturated/α-hetero) is 1. The quantitative estimate of drug-likeness (QED) is 0.267. The standard InChI is InChI=1S/C29H29NO5/c1-5-34-23-16-12-22(13-17-23)30-26(20-10-14-24(15-11-20)35-18(2)3)25(28(32)29(30)33)27(31)21-8-6-19(4)7-9-21/h6-18,26,31H,5H2,1-4H3/b27-25+. The number of ether oxygens (including phenoxy) is 2. The second kappa shape index (κ2) is 10.1. The van der Waals surface area contributed by atoms with Crippen molar-refractivity contribution >= 4 is 23.1 Å².